The summed E-state index contributed by atoms with van der Waals surface area (Å²) < 4.78 is 18.3. The maximum atomic E-state index is 13.8. The Morgan fingerprint density at radius 3 is 2.63 bits per heavy atom. The normalized spacial score (nSPS) is 10.3. The van der Waals surface area contributed by atoms with E-state index < -0.39 is 11.8 Å². The second kappa shape index (κ2) is 5.55. The molecule has 19 heavy (non-hydrogen) atoms. The molecule has 0 bridgehead atoms. The third-order valence-electron chi connectivity index (χ3n) is 2.43. The Kier molecular flexibility index (Phi) is 4.02. The summed E-state index contributed by atoms with van der Waals surface area (Å²) >= 11 is 11.5. The molecule has 0 saturated carbocycles. The minimum absolute atomic E-state index is 0.0592. The number of carbonyl (C=O) groups is 1. The summed E-state index contributed by atoms with van der Waals surface area (Å²) in [5, 5.41) is 0.424. The van der Waals surface area contributed by atoms with Gasteiger partial charge in [-0.1, -0.05) is 23.2 Å². The Morgan fingerprint density at radius 1 is 1.26 bits per heavy atom. The molecule has 0 spiro atoms. The van der Waals surface area contributed by atoms with Gasteiger partial charge in [-0.15, -0.1) is 0 Å². The van der Waals surface area contributed by atoms with Crippen LogP contribution in [0.15, 0.2) is 30.3 Å². The summed E-state index contributed by atoms with van der Waals surface area (Å²) in [4.78, 5) is 15.5. The van der Waals surface area contributed by atoms with Crippen molar-refractivity contribution in [3.63, 3.8) is 0 Å². The molecule has 0 unspecified atom stereocenters. The highest BCUT2D eigenvalue weighted by Crippen LogP contribution is 2.26. The highest BCUT2D eigenvalue weighted by Gasteiger charge is 2.15. The zero-order valence-electron chi connectivity index (χ0n) is 9.78. The van der Waals surface area contributed by atoms with E-state index in [0.717, 1.165) is 0 Å². The molecule has 0 N–H and O–H groups in total. The zero-order valence-corrected chi connectivity index (χ0v) is 11.3. The number of hydrogen-bond donors (Lipinski definition) is 0. The fourth-order valence-electron chi connectivity index (χ4n) is 1.53. The lowest BCUT2D eigenvalue weighted by Gasteiger charge is -2.06. The van der Waals surface area contributed by atoms with Crippen LogP contribution < -0.4 is 0 Å². The van der Waals surface area contributed by atoms with Gasteiger partial charge in [-0.3, -0.25) is 0 Å². The molecular formula is C13H8Cl2FNO2. The van der Waals surface area contributed by atoms with Crippen LogP contribution in [0.5, 0.6) is 0 Å². The number of nitrogens with zero attached hydrogens (tertiary/aromatic N) is 1. The molecule has 0 amide bonds. The summed E-state index contributed by atoms with van der Waals surface area (Å²) in [5.74, 6) is -1.21. The molecule has 0 fully saturated rings. The van der Waals surface area contributed by atoms with Crippen LogP contribution in [-0.4, -0.2) is 18.1 Å². The first kappa shape index (κ1) is 13.8. The van der Waals surface area contributed by atoms with E-state index in [-0.39, 0.29) is 27.0 Å². The first-order valence-electron chi connectivity index (χ1n) is 5.23. The number of methoxy groups -OCH3 is 1. The van der Waals surface area contributed by atoms with Gasteiger partial charge in [0.15, 0.2) is 5.69 Å². The summed E-state index contributed by atoms with van der Waals surface area (Å²) in [7, 11) is 1.22. The number of benzene rings is 1. The zero-order chi connectivity index (χ0) is 14.0. The second-order valence-electron chi connectivity index (χ2n) is 3.64. The van der Waals surface area contributed by atoms with Gasteiger partial charge in [0.2, 0.25) is 0 Å². The van der Waals surface area contributed by atoms with Crippen LogP contribution in [0.25, 0.3) is 11.3 Å². The van der Waals surface area contributed by atoms with E-state index in [0.29, 0.717) is 0 Å². The highest BCUT2D eigenvalue weighted by molar-refractivity contribution is 6.33. The Hall–Kier alpha value is -1.65. The molecule has 2 aromatic rings. The van der Waals surface area contributed by atoms with Crippen LogP contribution in [-0.2, 0) is 4.74 Å². The monoisotopic (exact) mass is 299 g/mol. The van der Waals surface area contributed by atoms with Gasteiger partial charge in [-0.05, 0) is 30.3 Å². The predicted octanol–water partition coefficient (Wildman–Crippen LogP) is 3.98. The van der Waals surface area contributed by atoms with Crippen molar-refractivity contribution >= 4 is 29.2 Å². The van der Waals surface area contributed by atoms with E-state index in [2.05, 4.69) is 9.72 Å². The number of ether oxygens (including phenoxy) is 1. The number of pyridine rings is 1. The molecule has 6 heteroatoms. The standard InChI is InChI=1S/C13H8Cl2FNO2/c1-19-13(18)12-9(15)4-5-11(17-12)8-3-2-7(14)6-10(8)16/h2-6H,1H3. The SMILES string of the molecule is COC(=O)c1nc(-c2ccc(Cl)cc2F)ccc1Cl. The van der Waals surface area contributed by atoms with E-state index in [1.54, 1.807) is 0 Å². The van der Waals surface area contributed by atoms with E-state index in [1.165, 1.54) is 37.4 Å². The molecule has 0 aliphatic carbocycles. The smallest absolute Gasteiger partial charge is 0.358 e. The topological polar surface area (TPSA) is 39.2 Å². The van der Waals surface area contributed by atoms with Crippen LogP contribution in [0.2, 0.25) is 10.0 Å². The summed E-state index contributed by atoms with van der Waals surface area (Å²) in [5.41, 5.74) is 0.446. The van der Waals surface area contributed by atoms with Crippen LogP contribution in [0.4, 0.5) is 4.39 Å². The van der Waals surface area contributed by atoms with Gasteiger partial charge >= 0.3 is 5.97 Å². The van der Waals surface area contributed by atoms with E-state index >= 15 is 0 Å². The van der Waals surface area contributed by atoms with Crippen LogP contribution >= 0.6 is 23.2 Å². The van der Waals surface area contributed by atoms with Crippen LogP contribution in [0.1, 0.15) is 10.5 Å². The van der Waals surface area contributed by atoms with Gasteiger partial charge in [-0.25, -0.2) is 14.2 Å². The van der Waals surface area contributed by atoms with Crippen LogP contribution in [0, 0.1) is 5.82 Å². The highest BCUT2D eigenvalue weighted by atomic mass is 35.5. The van der Waals surface area contributed by atoms with Crippen molar-refractivity contribution in [1.29, 1.82) is 0 Å². The Bertz CT molecular complexity index is 647. The van der Waals surface area contributed by atoms with Crippen molar-refractivity contribution in [2.24, 2.45) is 0 Å². The fourth-order valence-corrected chi connectivity index (χ4v) is 1.87. The molecule has 98 valence electrons. The molecule has 1 aromatic heterocycles. The van der Waals surface area contributed by atoms with Crippen molar-refractivity contribution in [3.8, 4) is 11.3 Å². The van der Waals surface area contributed by atoms with E-state index in [4.69, 9.17) is 23.2 Å². The van der Waals surface area contributed by atoms with Crippen LogP contribution in [0.3, 0.4) is 0 Å². The lowest BCUT2D eigenvalue weighted by Crippen LogP contribution is -2.06. The molecule has 0 aliphatic rings. The predicted molar refractivity (Wildman–Crippen MR) is 71.0 cm³/mol. The van der Waals surface area contributed by atoms with Crippen molar-refractivity contribution in [1.82, 2.24) is 4.98 Å². The van der Waals surface area contributed by atoms with E-state index in [1.807, 2.05) is 0 Å². The molecule has 1 aromatic carbocycles. The van der Waals surface area contributed by atoms with Crippen molar-refractivity contribution in [2.75, 3.05) is 7.11 Å². The number of halogens is 3. The Morgan fingerprint density at radius 2 is 2.00 bits per heavy atom. The molecule has 0 aliphatic heterocycles. The molecular weight excluding hydrogens is 292 g/mol. The van der Waals surface area contributed by atoms with Gasteiger partial charge in [0.25, 0.3) is 0 Å². The maximum absolute atomic E-state index is 13.8. The summed E-state index contributed by atoms with van der Waals surface area (Å²) in [6.45, 7) is 0. The number of hydrogen-bond acceptors (Lipinski definition) is 3. The van der Waals surface area contributed by atoms with Gasteiger partial charge in [0.05, 0.1) is 17.8 Å². The third kappa shape index (κ3) is 2.85. The van der Waals surface area contributed by atoms with Gasteiger partial charge < -0.3 is 4.74 Å². The van der Waals surface area contributed by atoms with Crippen molar-refractivity contribution in [3.05, 3.63) is 51.9 Å². The van der Waals surface area contributed by atoms with Crippen molar-refractivity contribution < 1.29 is 13.9 Å². The minimum Gasteiger partial charge on any atom is -0.464 e. The third-order valence-corrected chi connectivity index (χ3v) is 2.97. The van der Waals surface area contributed by atoms with Crippen molar-refractivity contribution in [2.45, 2.75) is 0 Å². The number of carbonyl (C=O) groups excluding carboxylic acids is 1. The molecule has 0 saturated heterocycles. The lowest BCUT2D eigenvalue weighted by atomic mass is 10.1. The fraction of sp³-hybridized carbons (Fsp3) is 0.0769. The lowest BCUT2D eigenvalue weighted by molar-refractivity contribution is 0.0594. The molecule has 1 heterocycles. The molecule has 3 nitrogen and oxygen atoms in total. The van der Waals surface area contributed by atoms with E-state index in [9.17, 15) is 9.18 Å². The first-order chi connectivity index (χ1) is 9.02. The number of rotatable bonds is 2. The largest absolute Gasteiger partial charge is 0.464 e. The quantitative estimate of drug-likeness (QED) is 0.787. The number of esters is 1. The summed E-state index contributed by atoms with van der Waals surface area (Å²) in [6, 6.07) is 7.17. The van der Waals surface area contributed by atoms with Gasteiger partial charge in [0, 0.05) is 10.6 Å². The molecule has 2 rings (SSSR count). The Balaban J connectivity index is 2.54. The summed E-state index contributed by atoms with van der Waals surface area (Å²) in [6.07, 6.45) is 0. The Labute approximate surface area is 118 Å². The average Bonchev–Trinajstić information content (AvgIpc) is 2.39. The second-order valence-corrected chi connectivity index (χ2v) is 4.49. The molecule has 0 atom stereocenters. The van der Waals surface area contributed by atoms with Gasteiger partial charge in [0.1, 0.15) is 5.82 Å². The maximum Gasteiger partial charge on any atom is 0.358 e. The van der Waals surface area contributed by atoms with Gasteiger partial charge in [-0.2, -0.15) is 0 Å². The average molecular weight is 300 g/mol. The minimum atomic E-state index is -0.679. The first-order valence-corrected chi connectivity index (χ1v) is 5.99. The number of aromatic nitrogens is 1. The molecule has 0 radical (unpaired) electrons.